The maximum Gasteiger partial charge on any atom is 0.319 e. The predicted molar refractivity (Wildman–Crippen MR) is 76.2 cm³/mol. The predicted octanol–water partition coefficient (Wildman–Crippen LogP) is 1.94. The number of urea groups is 1. The molecule has 0 saturated carbocycles. The zero-order valence-electron chi connectivity index (χ0n) is 11.8. The second-order valence-electron chi connectivity index (χ2n) is 4.30. The lowest BCUT2D eigenvalue weighted by molar-refractivity contribution is -0.137. The molecule has 0 aromatic heterocycles. The summed E-state index contributed by atoms with van der Waals surface area (Å²) in [4.78, 5) is 22.6. The number of amides is 2. The fraction of sp³-hybridized carbons (Fsp3) is 0.357. The second-order valence-corrected chi connectivity index (χ2v) is 4.30. The van der Waals surface area contributed by atoms with Crippen molar-refractivity contribution in [2.45, 2.75) is 25.8 Å². The van der Waals surface area contributed by atoms with Gasteiger partial charge in [-0.05, 0) is 18.6 Å². The van der Waals surface area contributed by atoms with Gasteiger partial charge in [0.25, 0.3) is 0 Å². The molecular weight excluding hydrogens is 274 g/mol. The molecule has 21 heavy (non-hydrogen) atoms. The molecule has 0 heterocycles. The Labute approximate surface area is 122 Å². The van der Waals surface area contributed by atoms with Gasteiger partial charge >= 0.3 is 12.0 Å². The van der Waals surface area contributed by atoms with E-state index in [0.29, 0.717) is 12.2 Å². The molecule has 7 heteroatoms. The van der Waals surface area contributed by atoms with E-state index in [-0.39, 0.29) is 17.7 Å². The number of hydrogen-bond donors (Lipinski definition) is 3. The summed E-state index contributed by atoms with van der Waals surface area (Å²) in [6.45, 7) is 1.78. The Morgan fingerprint density at radius 3 is 2.71 bits per heavy atom. The molecule has 1 aromatic rings. The molecule has 1 atom stereocenters. The van der Waals surface area contributed by atoms with Crippen molar-refractivity contribution < 1.29 is 19.4 Å². The molecule has 0 radical (unpaired) electrons. The number of hydrogen-bond acceptors (Lipinski definition) is 4. The van der Waals surface area contributed by atoms with Crippen LogP contribution in [0.15, 0.2) is 18.2 Å². The van der Waals surface area contributed by atoms with E-state index in [9.17, 15) is 9.59 Å². The summed E-state index contributed by atoms with van der Waals surface area (Å²) in [5, 5.41) is 22.9. The summed E-state index contributed by atoms with van der Waals surface area (Å²) in [5.41, 5.74) is 0.515. The van der Waals surface area contributed by atoms with E-state index in [4.69, 9.17) is 15.1 Å². The molecule has 0 fully saturated rings. The van der Waals surface area contributed by atoms with Crippen molar-refractivity contribution in [3.8, 4) is 11.8 Å². The van der Waals surface area contributed by atoms with Gasteiger partial charge in [-0.2, -0.15) is 5.26 Å². The minimum atomic E-state index is -0.989. The summed E-state index contributed by atoms with van der Waals surface area (Å²) >= 11 is 0. The number of carboxylic acids is 1. The summed E-state index contributed by atoms with van der Waals surface area (Å²) in [6, 6.07) is 5.70. The van der Waals surface area contributed by atoms with Crippen LogP contribution in [0, 0.1) is 11.3 Å². The van der Waals surface area contributed by atoms with Crippen LogP contribution in [0.4, 0.5) is 10.5 Å². The number of rotatable bonds is 6. The third-order valence-corrected chi connectivity index (χ3v) is 2.85. The number of anilines is 1. The van der Waals surface area contributed by atoms with Crippen molar-refractivity contribution >= 4 is 17.7 Å². The van der Waals surface area contributed by atoms with Gasteiger partial charge in [0.15, 0.2) is 0 Å². The number of para-hydroxylation sites is 1. The smallest absolute Gasteiger partial charge is 0.319 e. The number of carboxylic acid groups (broad SMARTS) is 1. The fourth-order valence-electron chi connectivity index (χ4n) is 1.77. The van der Waals surface area contributed by atoms with Gasteiger partial charge in [0, 0.05) is 6.04 Å². The second kappa shape index (κ2) is 7.75. The summed E-state index contributed by atoms with van der Waals surface area (Å²) in [7, 11) is 1.43. The lowest BCUT2D eigenvalue weighted by Gasteiger charge is -2.17. The Kier molecular flexibility index (Phi) is 6.01. The molecule has 0 aliphatic rings. The highest BCUT2D eigenvalue weighted by molar-refractivity contribution is 5.93. The van der Waals surface area contributed by atoms with E-state index in [2.05, 4.69) is 10.6 Å². The number of nitrogens with zero attached hydrogens (tertiary/aromatic N) is 1. The fourth-order valence-corrected chi connectivity index (χ4v) is 1.77. The highest BCUT2D eigenvalue weighted by Crippen LogP contribution is 2.27. The van der Waals surface area contributed by atoms with Gasteiger partial charge in [-0.25, -0.2) is 4.79 Å². The lowest BCUT2D eigenvalue weighted by Crippen LogP contribution is -2.39. The van der Waals surface area contributed by atoms with E-state index >= 15 is 0 Å². The Balaban J connectivity index is 2.84. The number of aliphatic carboxylic acids is 1. The minimum absolute atomic E-state index is 0.166. The lowest BCUT2D eigenvalue weighted by atomic mass is 10.1. The molecule has 1 aromatic carbocycles. The monoisotopic (exact) mass is 291 g/mol. The van der Waals surface area contributed by atoms with Crippen LogP contribution in [-0.4, -0.2) is 30.3 Å². The van der Waals surface area contributed by atoms with E-state index in [0.717, 1.165) is 0 Å². The molecule has 0 spiro atoms. The third-order valence-electron chi connectivity index (χ3n) is 2.85. The highest BCUT2D eigenvalue weighted by atomic mass is 16.5. The van der Waals surface area contributed by atoms with Crippen molar-refractivity contribution in [1.82, 2.24) is 5.32 Å². The Morgan fingerprint density at radius 1 is 1.48 bits per heavy atom. The minimum Gasteiger partial charge on any atom is -0.495 e. The maximum absolute atomic E-state index is 11.9. The van der Waals surface area contributed by atoms with Crippen molar-refractivity contribution in [3.63, 3.8) is 0 Å². The molecular formula is C14H17N3O4. The van der Waals surface area contributed by atoms with Gasteiger partial charge in [0.1, 0.15) is 17.5 Å². The molecule has 112 valence electrons. The molecule has 3 N–H and O–H groups in total. The average Bonchev–Trinajstić information content (AvgIpc) is 2.46. The summed E-state index contributed by atoms with van der Waals surface area (Å²) < 4.78 is 5.10. The molecule has 2 amide bonds. The first-order chi connectivity index (χ1) is 10.0. The van der Waals surface area contributed by atoms with Crippen LogP contribution < -0.4 is 15.4 Å². The number of benzene rings is 1. The van der Waals surface area contributed by atoms with E-state index < -0.39 is 18.0 Å². The van der Waals surface area contributed by atoms with Gasteiger partial charge < -0.3 is 20.5 Å². The molecule has 0 aliphatic heterocycles. The number of nitrogens with one attached hydrogen (secondary N) is 2. The number of carbonyl (C=O) groups excluding carboxylic acids is 1. The van der Waals surface area contributed by atoms with Crippen LogP contribution in [0.5, 0.6) is 5.75 Å². The Bertz CT molecular complexity index is 566. The molecule has 0 bridgehead atoms. The van der Waals surface area contributed by atoms with Crippen molar-refractivity contribution in [2.75, 3.05) is 12.4 Å². The maximum atomic E-state index is 11.9. The topological polar surface area (TPSA) is 111 Å². The first kappa shape index (κ1) is 16.3. The quantitative estimate of drug-likeness (QED) is 0.741. The zero-order chi connectivity index (χ0) is 15.8. The van der Waals surface area contributed by atoms with E-state index in [1.165, 1.54) is 7.11 Å². The number of nitriles is 1. The highest BCUT2D eigenvalue weighted by Gasteiger charge is 2.16. The summed E-state index contributed by atoms with van der Waals surface area (Å²) in [6.07, 6.45) is 0.317. The Hall–Kier alpha value is -2.75. The van der Waals surface area contributed by atoms with Gasteiger partial charge in [0.2, 0.25) is 0 Å². The van der Waals surface area contributed by atoms with Crippen LogP contribution in [0.3, 0.4) is 0 Å². The molecule has 0 saturated heterocycles. The van der Waals surface area contributed by atoms with Gasteiger partial charge in [-0.15, -0.1) is 0 Å². The van der Waals surface area contributed by atoms with Crippen LogP contribution in [0.1, 0.15) is 25.3 Å². The zero-order valence-corrected chi connectivity index (χ0v) is 11.8. The number of ether oxygens (including phenoxy) is 1. The first-order valence-corrected chi connectivity index (χ1v) is 6.38. The number of methoxy groups -OCH3 is 1. The first-order valence-electron chi connectivity index (χ1n) is 6.38. The molecule has 7 nitrogen and oxygen atoms in total. The summed E-state index contributed by atoms with van der Waals surface area (Å²) in [5.74, 6) is -0.632. The largest absolute Gasteiger partial charge is 0.495 e. The molecule has 0 aliphatic carbocycles. The average molecular weight is 291 g/mol. The van der Waals surface area contributed by atoms with E-state index in [1.807, 2.05) is 6.07 Å². The van der Waals surface area contributed by atoms with Gasteiger partial charge in [-0.3, -0.25) is 4.79 Å². The van der Waals surface area contributed by atoms with Crippen LogP contribution >= 0.6 is 0 Å². The Morgan fingerprint density at radius 2 is 2.19 bits per heavy atom. The molecule has 1 rings (SSSR count). The third kappa shape index (κ3) is 4.69. The van der Waals surface area contributed by atoms with E-state index in [1.54, 1.807) is 25.1 Å². The van der Waals surface area contributed by atoms with Crippen LogP contribution in [0.2, 0.25) is 0 Å². The van der Waals surface area contributed by atoms with Crippen LogP contribution in [0.25, 0.3) is 0 Å². The number of carbonyl (C=O) groups is 2. The van der Waals surface area contributed by atoms with Crippen molar-refractivity contribution in [2.24, 2.45) is 0 Å². The van der Waals surface area contributed by atoms with Crippen molar-refractivity contribution in [3.05, 3.63) is 23.8 Å². The molecule has 1 unspecified atom stereocenters. The van der Waals surface area contributed by atoms with Crippen molar-refractivity contribution in [1.29, 1.82) is 5.26 Å². The SMILES string of the molecule is CCC(CC(=O)O)NC(=O)Nc1c(C#N)cccc1OC. The van der Waals surface area contributed by atoms with Gasteiger partial charge in [-0.1, -0.05) is 13.0 Å². The normalized spacial score (nSPS) is 11.1. The standard InChI is InChI=1S/C14H17N3O4/c1-3-10(7-12(18)19)16-14(20)17-13-9(8-15)5-4-6-11(13)21-2/h4-6,10H,3,7H2,1-2H3,(H,18,19)(H2,16,17,20). The van der Waals surface area contributed by atoms with Gasteiger partial charge in [0.05, 0.1) is 19.1 Å². The van der Waals surface area contributed by atoms with Crippen LogP contribution in [-0.2, 0) is 4.79 Å².